The van der Waals surface area contributed by atoms with Gasteiger partial charge in [-0.05, 0) is 48.0 Å². The highest BCUT2D eigenvalue weighted by Crippen LogP contribution is 2.38. The minimum absolute atomic E-state index is 0.0417. The van der Waals surface area contributed by atoms with E-state index in [4.69, 9.17) is 26.9 Å². The molecule has 0 radical (unpaired) electrons. The van der Waals surface area contributed by atoms with Crippen molar-refractivity contribution in [1.82, 2.24) is 19.6 Å². The molecule has 0 spiro atoms. The molecule has 210 valence electrons. The maximum absolute atomic E-state index is 13.2. The predicted octanol–water partition coefficient (Wildman–Crippen LogP) is 2.49. The second-order valence-electron chi connectivity index (χ2n) is 8.41. The van der Waals surface area contributed by atoms with Crippen LogP contribution in [0.1, 0.15) is 11.4 Å². The minimum atomic E-state index is -0.976. The van der Waals surface area contributed by atoms with Crippen molar-refractivity contribution in [3.8, 4) is 5.75 Å². The maximum Gasteiger partial charge on any atom is 0.355 e. The molecule has 2 atom stereocenters. The van der Waals surface area contributed by atoms with Gasteiger partial charge in [0.05, 0.1) is 4.92 Å². The third kappa shape index (κ3) is 6.13. The first-order valence-electron chi connectivity index (χ1n) is 11.7. The number of nitrogens with two attached hydrogens (primary N) is 1. The molecule has 14 nitrogen and oxygen atoms in total. The first-order chi connectivity index (χ1) is 19.7. The predicted molar refractivity (Wildman–Crippen MR) is 149 cm³/mol. The summed E-state index contributed by atoms with van der Waals surface area (Å²) in [6, 6.07) is 10.8. The number of non-ortho nitro benzene ring substituents is 1. The number of anilines is 1. The zero-order valence-electron chi connectivity index (χ0n) is 20.6. The molecule has 3 N–H and O–H groups in total. The Hall–Kier alpha value is -4.54. The number of nitrogens with zero attached hydrogens (tertiary/aromatic N) is 5. The molecular formula is C24H18ClN7O7S2. The van der Waals surface area contributed by atoms with E-state index in [-0.39, 0.29) is 34.7 Å². The quantitative estimate of drug-likeness (QED) is 0.118. The Morgan fingerprint density at radius 2 is 1.95 bits per heavy atom. The fraction of sp³-hybridized carbons (Fsp3) is 0.167. The van der Waals surface area contributed by atoms with Crippen LogP contribution in [0.2, 0.25) is 5.02 Å². The topological polar surface area (TPSA) is 192 Å². The normalized spacial score (nSPS) is 18.1. The van der Waals surface area contributed by atoms with Crippen LogP contribution in [0.4, 0.5) is 10.8 Å². The van der Waals surface area contributed by atoms with Gasteiger partial charge in [0, 0.05) is 34.4 Å². The Morgan fingerprint density at radius 1 is 1.22 bits per heavy atom. The fourth-order valence-electron chi connectivity index (χ4n) is 3.78. The van der Waals surface area contributed by atoms with Gasteiger partial charge in [0.1, 0.15) is 23.7 Å². The summed E-state index contributed by atoms with van der Waals surface area (Å²) < 4.78 is 9.34. The van der Waals surface area contributed by atoms with Gasteiger partial charge in [-0.15, -0.1) is 11.8 Å². The Morgan fingerprint density at radius 3 is 2.61 bits per heavy atom. The van der Waals surface area contributed by atoms with Crippen LogP contribution in [-0.2, 0) is 25.7 Å². The van der Waals surface area contributed by atoms with Crippen molar-refractivity contribution in [3.63, 3.8) is 0 Å². The van der Waals surface area contributed by atoms with Crippen LogP contribution in [0.15, 0.2) is 65.5 Å². The molecule has 2 aromatic carbocycles. The average Bonchev–Trinajstić information content (AvgIpc) is 3.40. The number of β-lactam (4-membered cyclic amide) rings is 1. The number of ether oxygens (including phenoxy) is 1. The number of aromatic nitrogens is 2. The van der Waals surface area contributed by atoms with Gasteiger partial charge in [0.25, 0.3) is 17.5 Å². The van der Waals surface area contributed by atoms with Gasteiger partial charge >= 0.3 is 5.97 Å². The van der Waals surface area contributed by atoms with Crippen LogP contribution in [0.5, 0.6) is 5.75 Å². The largest absolute Gasteiger partial charge is 0.456 e. The monoisotopic (exact) mass is 615 g/mol. The van der Waals surface area contributed by atoms with Gasteiger partial charge in [0.2, 0.25) is 11.5 Å². The lowest BCUT2D eigenvalue weighted by Crippen LogP contribution is -2.70. The van der Waals surface area contributed by atoms with Crippen LogP contribution in [0.25, 0.3) is 0 Å². The molecule has 0 bridgehead atoms. The number of oxime groups is 1. The molecule has 2 aliphatic rings. The standard InChI is InChI=1S/C24H18ClN7O7S2/c25-13-3-7-15(8-4-13)39-29-17(19-28-24(26)41-30-19)20(33)27-18-21(34)31-16(9-10-40-22(18)31)23(35)38-11-12-1-5-14(6-2-12)32(36)37/h1-9,18,22H,10-11H2,(H,27,33)(H2,26,28,30)/t18?,22-/m1/s1. The Balaban J connectivity index is 1.24. The van der Waals surface area contributed by atoms with Crippen LogP contribution in [0, 0.1) is 10.1 Å². The van der Waals surface area contributed by atoms with Crippen LogP contribution < -0.4 is 15.9 Å². The number of nitrogens with one attached hydrogen (secondary N) is 1. The number of nitro benzene ring substituents is 1. The highest BCUT2D eigenvalue weighted by atomic mass is 35.5. The van der Waals surface area contributed by atoms with Gasteiger partial charge in [-0.2, -0.15) is 9.36 Å². The van der Waals surface area contributed by atoms with Crippen molar-refractivity contribution in [1.29, 1.82) is 0 Å². The number of esters is 1. The number of hydrogen-bond acceptors (Lipinski definition) is 13. The fourth-order valence-corrected chi connectivity index (χ4v) is 5.54. The molecule has 41 heavy (non-hydrogen) atoms. The summed E-state index contributed by atoms with van der Waals surface area (Å²) >= 11 is 8.08. The molecular weight excluding hydrogens is 598 g/mol. The summed E-state index contributed by atoms with van der Waals surface area (Å²) in [4.78, 5) is 59.9. The van der Waals surface area contributed by atoms with Crippen molar-refractivity contribution in [3.05, 3.63) is 86.8 Å². The van der Waals surface area contributed by atoms with Gasteiger partial charge in [-0.1, -0.05) is 16.8 Å². The van der Waals surface area contributed by atoms with Gasteiger partial charge in [-0.25, -0.2) is 4.79 Å². The highest BCUT2D eigenvalue weighted by molar-refractivity contribution is 8.00. The van der Waals surface area contributed by atoms with Crippen LogP contribution in [0.3, 0.4) is 0 Å². The molecule has 0 saturated carbocycles. The maximum atomic E-state index is 13.2. The second-order valence-corrected chi connectivity index (χ2v) is 10.8. The van der Waals surface area contributed by atoms with E-state index in [1.165, 1.54) is 40.9 Å². The Bertz CT molecular complexity index is 1580. The summed E-state index contributed by atoms with van der Waals surface area (Å²) in [6.07, 6.45) is 1.56. The van der Waals surface area contributed by atoms with E-state index in [0.29, 0.717) is 22.1 Å². The van der Waals surface area contributed by atoms with Crippen molar-refractivity contribution in [2.24, 2.45) is 5.16 Å². The number of halogens is 1. The van der Waals surface area contributed by atoms with Gasteiger partial charge in [-0.3, -0.25) is 24.6 Å². The van der Waals surface area contributed by atoms with Crippen molar-refractivity contribution >= 4 is 69.2 Å². The first-order valence-corrected chi connectivity index (χ1v) is 13.9. The van der Waals surface area contributed by atoms with E-state index < -0.39 is 34.1 Å². The molecule has 2 aliphatic heterocycles. The van der Waals surface area contributed by atoms with E-state index in [1.54, 1.807) is 30.3 Å². The molecule has 3 aromatic rings. The zero-order valence-corrected chi connectivity index (χ0v) is 23.0. The summed E-state index contributed by atoms with van der Waals surface area (Å²) in [7, 11) is 0. The second kappa shape index (κ2) is 11.9. The summed E-state index contributed by atoms with van der Waals surface area (Å²) in [5.74, 6) is -1.47. The van der Waals surface area contributed by atoms with E-state index in [1.807, 2.05) is 0 Å². The van der Waals surface area contributed by atoms with Crippen LogP contribution in [-0.4, -0.2) is 59.8 Å². The molecule has 17 heteroatoms. The summed E-state index contributed by atoms with van der Waals surface area (Å²) in [5.41, 5.74) is 5.86. The molecule has 3 heterocycles. The van der Waals surface area contributed by atoms with Crippen LogP contribution >= 0.6 is 34.9 Å². The molecule has 2 amide bonds. The third-order valence-corrected chi connectivity index (χ3v) is 7.76. The molecule has 1 aromatic heterocycles. The summed E-state index contributed by atoms with van der Waals surface area (Å²) in [5, 5.41) is 17.3. The highest BCUT2D eigenvalue weighted by Gasteiger charge is 2.53. The molecule has 1 unspecified atom stereocenters. The van der Waals surface area contributed by atoms with Crippen molar-refractivity contribution in [2.45, 2.75) is 18.0 Å². The van der Waals surface area contributed by atoms with E-state index >= 15 is 0 Å². The zero-order chi connectivity index (χ0) is 29.1. The number of thioether (sulfide) groups is 1. The van der Waals surface area contributed by atoms with E-state index in [2.05, 4.69) is 19.8 Å². The Kier molecular flexibility index (Phi) is 8.14. The molecule has 5 rings (SSSR count). The number of hydrogen-bond donors (Lipinski definition) is 2. The number of benzene rings is 2. The SMILES string of the molecule is Nc1nc(C(=NOc2ccc(Cl)cc2)C(=O)NC2C(=O)N3C(C(=O)OCc4ccc([N+](=O)[O-])cc4)=CCS[C@H]23)ns1. The van der Waals surface area contributed by atoms with Gasteiger partial charge < -0.3 is 20.6 Å². The summed E-state index contributed by atoms with van der Waals surface area (Å²) in [6.45, 7) is -0.147. The minimum Gasteiger partial charge on any atom is -0.456 e. The third-order valence-electron chi connectivity index (χ3n) is 5.78. The van der Waals surface area contributed by atoms with Crippen molar-refractivity contribution < 1.29 is 28.9 Å². The lowest BCUT2D eigenvalue weighted by atomic mass is 10.0. The lowest BCUT2D eigenvalue weighted by molar-refractivity contribution is -0.384. The number of carbonyl (C=O) groups is 3. The van der Waals surface area contributed by atoms with E-state index in [9.17, 15) is 24.5 Å². The Labute approximate surface area is 244 Å². The number of nitro groups is 1. The number of rotatable bonds is 9. The average molecular weight is 616 g/mol. The lowest BCUT2D eigenvalue weighted by Gasteiger charge is -2.48. The first kappa shape index (κ1) is 28.0. The van der Waals surface area contributed by atoms with E-state index in [0.717, 1.165) is 11.5 Å². The number of amides is 2. The number of nitrogen functional groups attached to an aromatic ring is 1. The molecule has 0 aliphatic carbocycles. The number of carbonyl (C=O) groups excluding carboxylic acids is 3. The number of fused-ring (bicyclic) bond motifs is 1. The van der Waals surface area contributed by atoms with Crippen molar-refractivity contribution in [2.75, 3.05) is 11.5 Å². The van der Waals surface area contributed by atoms with Gasteiger partial charge in [0.15, 0.2) is 10.9 Å². The smallest absolute Gasteiger partial charge is 0.355 e. The molecule has 1 saturated heterocycles. The molecule has 1 fully saturated rings.